The van der Waals surface area contributed by atoms with Crippen molar-refractivity contribution in [3.05, 3.63) is 35.9 Å². The molecule has 0 atom stereocenters. The molecule has 0 bridgehead atoms. The maximum Gasteiger partial charge on any atom is 0.162 e. The first-order valence-corrected chi connectivity index (χ1v) is 3.39. The number of aliphatic hydroxyl groups excluding tert-OH is 1. The number of aliphatic hydroxyl groups is 1. The number of halogens is 1. The van der Waals surface area contributed by atoms with E-state index in [1.54, 1.807) is 0 Å². The average molecular weight is 170 g/mol. The van der Waals surface area contributed by atoms with Crippen molar-refractivity contribution in [2.45, 2.75) is 13.8 Å². The van der Waals surface area contributed by atoms with Crippen molar-refractivity contribution in [1.29, 1.82) is 0 Å². The summed E-state index contributed by atoms with van der Waals surface area (Å²) < 4.78 is 12.9. The number of hydrogen-bond acceptors (Lipinski definition) is 2. The summed E-state index contributed by atoms with van der Waals surface area (Å²) in [6.07, 6.45) is 2.00. The van der Waals surface area contributed by atoms with Crippen LogP contribution in [-0.2, 0) is 4.79 Å². The van der Waals surface area contributed by atoms with E-state index >= 15 is 0 Å². The molecule has 0 saturated carbocycles. The monoisotopic (exact) mass is 170 g/mol. The molecule has 0 fully saturated rings. The predicted molar refractivity (Wildman–Crippen MR) is 45.4 cm³/mol. The Hall–Kier alpha value is -1.38. The first-order chi connectivity index (χ1) is 5.49. The summed E-state index contributed by atoms with van der Waals surface area (Å²) in [5, 5.41) is 8.69. The number of rotatable bonds is 3. The van der Waals surface area contributed by atoms with Gasteiger partial charge in [-0.3, -0.25) is 4.79 Å². The van der Waals surface area contributed by atoms with Crippen LogP contribution in [-0.4, -0.2) is 10.9 Å². The summed E-state index contributed by atoms with van der Waals surface area (Å²) in [7, 11) is 0. The molecule has 0 aromatic rings. The summed E-state index contributed by atoms with van der Waals surface area (Å²) in [5.41, 5.74) is -0.122. The highest BCUT2D eigenvalue weighted by molar-refractivity contribution is 5.96. The van der Waals surface area contributed by atoms with Gasteiger partial charge in [0, 0.05) is 6.08 Å². The molecule has 1 N–H and O–H groups in total. The molecular formula is C9H11FO2. The second kappa shape index (κ2) is 4.49. The first-order valence-electron chi connectivity index (χ1n) is 3.39. The third-order valence-corrected chi connectivity index (χ3v) is 1.18. The predicted octanol–water partition coefficient (Wildman–Crippen LogP) is 2.45. The minimum atomic E-state index is -0.766. The Labute approximate surface area is 70.7 Å². The van der Waals surface area contributed by atoms with E-state index in [0.29, 0.717) is 0 Å². The van der Waals surface area contributed by atoms with Gasteiger partial charge in [-0.15, -0.1) is 0 Å². The SMILES string of the molecule is C=C/C(C(C)=O)=C(F)\C=C(/C)O. The molecule has 2 nitrogen and oxygen atoms in total. The van der Waals surface area contributed by atoms with Gasteiger partial charge < -0.3 is 5.11 Å². The van der Waals surface area contributed by atoms with E-state index in [1.165, 1.54) is 13.8 Å². The van der Waals surface area contributed by atoms with Crippen molar-refractivity contribution in [1.82, 2.24) is 0 Å². The second-order valence-corrected chi connectivity index (χ2v) is 2.31. The van der Waals surface area contributed by atoms with Crippen LogP contribution < -0.4 is 0 Å². The van der Waals surface area contributed by atoms with Gasteiger partial charge in [0.25, 0.3) is 0 Å². The Morgan fingerprint density at radius 2 is 2.00 bits per heavy atom. The van der Waals surface area contributed by atoms with E-state index in [-0.39, 0.29) is 11.3 Å². The molecule has 0 spiro atoms. The fourth-order valence-corrected chi connectivity index (χ4v) is 0.671. The van der Waals surface area contributed by atoms with Crippen molar-refractivity contribution >= 4 is 5.78 Å². The maximum atomic E-state index is 12.9. The Balaban J connectivity index is 4.98. The van der Waals surface area contributed by atoms with E-state index in [1.807, 2.05) is 0 Å². The molecule has 0 aromatic heterocycles. The molecule has 12 heavy (non-hydrogen) atoms. The number of allylic oxidation sites excluding steroid dienone is 5. The van der Waals surface area contributed by atoms with E-state index in [2.05, 4.69) is 6.58 Å². The topological polar surface area (TPSA) is 37.3 Å². The van der Waals surface area contributed by atoms with Crippen LogP contribution in [0.3, 0.4) is 0 Å². The second-order valence-electron chi connectivity index (χ2n) is 2.31. The van der Waals surface area contributed by atoms with E-state index in [0.717, 1.165) is 12.2 Å². The molecule has 66 valence electrons. The summed E-state index contributed by atoms with van der Waals surface area (Å²) in [5.74, 6) is -1.37. The van der Waals surface area contributed by atoms with Crippen LogP contribution in [0.1, 0.15) is 13.8 Å². The van der Waals surface area contributed by atoms with Crippen molar-refractivity contribution in [3.63, 3.8) is 0 Å². The third-order valence-electron chi connectivity index (χ3n) is 1.18. The molecular weight excluding hydrogens is 159 g/mol. The Kier molecular flexibility index (Phi) is 3.97. The molecule has 0 radical (unpaired) electrons. The summed E-state index contributed by atoms with van der Waals surface area (Å²) in [4.78, 5) is 10.7. The molecule has 0 amide bonds. The smallest absolute Gasteiger partial charge is 0.162 e. The van der Waals surface area contributed by atoms with Crippen LogP contribution in [0.15, 0.2) is 35.9 Å². The zero-order valence-electron chi connectivity index (χ0n) is 7.10. The normalized spacial score (nSPS) is 13.8. The molecule has 0 aliphatic heterocycles. The van der Waals surface area contributed by atoms with Gasteiger partial charge in [0.2, 0.25) is 0 Å². The van der Waals surface area contributed by atoms with Crippen molar-refractivity contribution in [2.75, 3.05) is 0 Å². The fourth-order valence-electron chi connectivity index (χ4n) is 0.671. The standard InChI is InChI=1S/C9H11FO2/c1-4-8(7(3)12)9(10)5-6(2)11/h4-5,11H,1H2,2-3H3/b6-5+,9-8-. The van der Waals surface area contributed by atoms with E-state index in [4.69, 9.17) is 5.11 Å². The lowest BCUT2D eigenvalue weighted by Crippen LogP contribution is -1.95. The van der Waals surface area contributed by atoms with Crippen LogP contribution in [0.4, 0.5) is 4.39 Å². The highest BCUT2D eigenvalue weighted by atomic mass is 19.1. The summed E-state index contributed by atoms with van der Waals surface area (Å²) in [6.45, 7) is 5.83. The van der Waals surface area contributed by atoms with Crippen LogP contribution in [0, 0.1) is 0 Å². The quantitative estimate of drug-likeness (QED) is 0.401. The first kappa shape index (κ1) is 10.6. The molecule has 0 saturated heterocycles. The highest BCUT2D eigenvalue weighted by Crippen LogP contribution is 2.11. The van der Waals surface area contributed by atoms with Gasteiger partial charge in [-0.25, -0.2) is 4.39 Å². The van der Waals surface area contributed by atoms with Crippen molar-refractivity contribution in [2.24, 2.45) is 0 Å². The number of hydrogen-bond donors (Lipinski definition) is 1. The molecule has 0 aromatic carbocycles. The zero-order valence-corrected chi connectivity index (χ0v) is 7.10. The number of ketones is 1. The third kappa shape index (κ3) is 3.14. The van der Waals surface area contributed by atoms with E-state index < -0.39 is 11.6 Å². The average Bonchev–Trinajstić information content (AvgIpc) is 1.85. The minimum absolute atomic E-state index is 0.122. The summed E-state index contributed by atoms with van der Waals surface area (Å²) >= 11 is 0. The van der Waals surface area contributed by atoms with Gasteiger partial charge in [0.05, 0.1) is 11.3 Å². The number of Topliss-reactive ketones (excluding diaryl/α,β-unsaturated/α-hetero) is 1. The van der Waals surface area contributed by atoms with Crippen molar-refractivity contribution < 1.29 is 14.3 Å². The lowest BCUT2D eigenvalue weighted by molar-refractivity contribution is -0.113. The van der Waals surface area contributed by atoms with Crippen LogP contribution in [0.5, 0.6) is 0 Å². The van der Waals surface area contributed by atoms with E-state index in [9.17, 15) is 9.18 Å². The minimum Gasteiger partial charge on any atom is -0.513 e. The molecule has 0 aliphatic carbocycles. The molecule has 3 heteroatoms. The molecule has 0 rings (SSSR count). The van der Waals surface area contributed by atoms with Crippen LogP contribution in [0.2, 0.25) is 0 Å². The lowest BCUT2D eigenvalue weighted by Gasteiger charge is -1.95. The Bertz CT molecular complexity index is 258. The van der Waals surface area contributed by atoms with Gasteiger partial charge in [0.15, 0.2) is 5.78 Å². The maximum absolute atomic E-state index is 12.9. The molecule has 0 unspecified atom stereocenters. The van der Waals surface area contributed by atoms with Gasteiger partial charge in [0.1, 0.15) is 5.83 Å². The largest absolute Gasteiger partial charge is 0.513 e. The Morgan fingerprint density at radius 3 is 2.25 bits per heavy atom. The van der Waals surface area contributed by atoms with Gasteiger partial charge in [-0.1, -0.05) is 12.7 Å². The van der Waals surface area contributed by atoms with Crippen molar-refractivity contribution in [3.8, 4) is 0 Å². The lowest BCUT2D eigenvalue weighted by atomic mass is 10.1. The zero-order chi connectivity index (χ0) is 9.72. The van der Waals surface area contributed by atoms with Gasteiger partial charge >= 0.3 is 0 Å². The number of carbonyl (C=O) groups is 1. The Morgan fingerprint density at radius 1 is 1.50 bits per heavy atom. The van der Waals surface area contributed by atoms with Crippen LogP contribution in [0.25, 0.3) is 0 Å². The molecule has 0 heterocycles. The number of carbonyl (C=O) groups excluding carboxylic acids is 1. The van der Waals surface area contributed by atoms with Crippen LogP contribution >= 0.6 is 0 Å². The highest BCUT2D eigenvalue weighted by Gasteiger charge is 2.05. The van der Waals surface area contributed by atoms with Gasteiger partial charge in [-0.05, 0) is 13.8 Å². The van der Waals surface area contributed by atoms with Gasteiger partial charge in [-0.2, -0.15) is 0 Å². The fraction of sp³-hybridized carbons (Fsp3) is 0.222. The summed E-state index contributed by atoms with van der Waals surface area (Å²) in [6, 6.07) is 0. The molecule has 0 aliphatic rings.